The Kier molecular flexibility index (Phi) is 5.52. The number of benzene rings is 2. The van der Waals surface area contributed by atoms with Crippen LogP contribution in [0.25, 0.3) is 10.9 Å². The number of ketones is 1. The Morgan fingerprint density at radius 1 is 1.00 bits per heavy atom. The molecular weight excluding hydrogens is 324 g/mol. The number of aromatic nitrogens is 1. The molecule has 0 aliphatic carbocycles. The molecule has 0 aliphatic heterocycles. The molecule has 0 saturated heterocycles. The molecule has 0 saturated carbocycles. The molecule has 0 spiro atoms. The molecule has 0 unspecified atom stereocenters. The van der Waals surface area contributed by atoms with Crippen LogP contribution in [-0.2, 0) is 17.8 Å². The Hall–Kier alpha value is -2.88. The Bertz CT molecular complexity index is 910. The number of carbonyl (C=O) groups is 2. The molecule has 1 heterocycles. The minimum Gasteiger partial charge on any atom is -0.354 e. The van der Waals surface area contributed by atoms with Gasteiger partial charge in [0, 0.05) is 35.1 Å². The zero-order valence-electron chi connectivity index (χ0n) is 15.2. The van der Waals surface area contributed by atoms with Gasteiger partial charge < -0.3 is 9.88 Å². The van der Waals surface area contributed by atoms with E-state index in [1.54, 1.807) is 0 Å². The van der Waals surface area contributed by atoms with Crippen LogP contribution >= 0.6 is 0 Å². The van der Waals surface area contributed by atoms with Crippen molar-refractivity contribution in [2.45, 2.75) is 26.8 Å². The van der Waals surface area contributed by atoms with E-state index >= 15 is 0 Å². The molecule has 134 valence electrons. The van der Waals surface area contributed by atoms with Crippen LogP contribution in [0.1, 0.15) is 29.8 Å². The van der Waals surface area contributed by atoms with Crippen molar-refractivity contribution in [2.24, 2.45) is 5.92 Å². The van der Waals surface area contributed by atoms with Gasteiger partial charge in [-0.3, -0.25) is 9.59 Å². The summed E-state index contributed by atoms with van der Waals surface area (Å²) in [6, 6.07) is 17.8. The second kappa shape index (κ2) is 8.00. The number of hydrogen-bond acceptors (Lipinski definition) is 2. The minimum atomic E-state index is -0.0750. The molecule has 1 aromatic heterocycles. The van der Waals surface area contributed by atoms with Gasteiger partial charge in [0.2, 0.25) is 5.91 Å². The van der Waals surface area contributed by atoms with Crippen LogP contribution in [0.3, 0.4) is 0 Å². The Balaban J connectivity index is 1.70. The number of para-hydroxylation sites is 1. The summed E-state index contributed by atoms with van der Waals surface area (Å²) < 4.78 is 1.86. The van der Waals surface area contributed by atoms with Crippen molar-refractivity contribution in [1.82, 2.24) is 9.88 Å². The van der Waals surface area contributed by atoms with Crippen LogP contribution in [0.5, 0.6) is 0 Å². The van der Waals surface area contributed by atoms with Crippen LogP contribution in [0.4, 0.5) is 0 Å². The van der Waals surface area contributed by atoms with Crippen molar-refractivity contribution < 1.29 is 9.59 Å². The van der Waals surface area contributed by atoms with Crippen molar-refractivity contribution in [3.05, 3.63) is 71.9 Å². The zero-order valence-corrected chi connectivity index (χ0v) is 15.2. The summed E-state index contributed by atoms with van der Waals surface area (Å²) in [4.78, 5) is 24.8. The summed E-state index contributed by atoms with van der Waals surface area (Å²) in [7, 11) is 0. The molecule has 2 aromatic carbocycles. The first-order valence-electron chi connectivity index (χ1n) is 8.99. The monoisotopic (exact) mass is 348 g/mol. The number of nitrogens with one attached hydrogen (secondary N) is 1. The van der Waals surface area contributed by atoms with E-state index in [0.717, 1.165) is 17.3 Å². The fraction of sp³-hybridized carbons (Fsp3) is 0.273. The molecule has 0 bridgehead atoms. The van der Waals surface area contributed by atoms with Gasteiger partial charge in [-0.15, -0.1) is 0 Å². The van der Waals surface area contributed by atoms with Crippen LogP contribution < -0.4 is 5.32 Å². The number of rotatable bonds is 7. The van der Waals surface area contributed by atoms with E-state index < -0.39 is 0 Å². The zero-order chi connectivity index (χ0) is 18.5. The van der Waals surface area contributed by atoms with Crippen molar-refractivity contribution >= 4 is 22.6 Å². The van der Waals surface area contributed by atoms with Crippen LogP contribution in [0.2, 0.25) is 0 Å². The lowest BCUT2D eigenvalue weighted by atomic mass is 10.0. The molecular formula is C22H24N2O2. The molecule has 3 aromatic rings. The summed E-state index contributed by atoms with van der Waals surface area (Å²) in [6.45, 7) is 4.59. The van der Waals surface area contributed by atoms with E-state index in [2.05, 4.69) is 17.4 Å². The smallest absolute Gasteiger partial charge is 0.239 e. The minimum absolute atomic E-state index is 0.0507. The molecule has 4 nitrogen and oxygen atoms in total. The van der Waals surface area contributed by atoms with Gasteiger partial charge in [0.1, 0.15) is 6.54 Å². The Morgan fingerprint density at radius 3 is 2.42 bits per heavy atom. The summed E-state index contributed by atoms with van der Waals surface area (Å²) in [6.07, 6.45) is 2.61. The summed E-state index contributed by atoms with van der Waals surface area (Å²) in [5.41, 5.74) is 2.80. The van der Waals surface area contributed by atoms with Gasteiger partial charge in [-0.25, -0.2) is 0 Å². The van der Waals surface area contributed by atoms with Gasteiger partial charge in [0.05, 0.1) is 0 Å². The maximum Gasteiger partial charge on any atom is 0.239 e. The largest absolute Gasteiger partial charge is 0.354 e. The lowest BCUT2D eigenvalue weighted by Gasteiger charge is -2.07. The third-order valence-corrected chi connectivity index (χ3v) is 4.47. The van der Waals surface area contributed by atoms with Crippen molar-refractivity contribution in [1.29, 1.82) is 0 Å². The number of nitrogens with zero attached hydrogens (tertiary/aromatic N) is 1. The average Bonchev–Trinajstić information content (AvgIpc) is 3.00. The van der Waals surface area contributed by atoms with Gasteiger partial charge in [0.15, 0.2) is 5.78 Å². The van der Waals surface area contributed by atoms with Gasteiger partial charge >= 0.3 is 0 Å². The standard InChI is InChI=1S/C22H24N2O2/c1-16(2)22(26)19-14-24(20-11-7-6-10-18(19)20)15-21(25)23-13-12-17-8-4-3-5-9-17/h3-11,14,16H,12-13,15H2,1-2H3,(H,23,25). The third kappa shape index (κ3) is 4.02. The van der Waals surface area contributed by atoms with E-state index in [1.165, 1.54) is 5.56 Å². The topological polar surface area (TPSA) is 51.1 Å². The predicted octanol–water partition coefficient (Wildman–Crippen LogP) is 3.84. The van der Waals surface area contributed by atoms with E-state index in [1.807, 2.05) is 67.1 Å². The molecule has 3 rings (SSSR count). The van der Waals surface area contributed by atoms with Gasteiger partial charge in [0.25, 0.3) is 0 Å². The van der Waals surface area contributed by atoms with Crippen LogP contribution in [-0.4, -0.2) is 22.8 Å². The van der Waals surface area contributed by atoms with E-state index in [9.17, 15) is 9.59 Å². The van der Waals surface area contributed by atoms with Gasteiger partial charge in [-0.05, 0) is 18.1 Å². The second-order valence-corrected chi connectivity index (χ2v) is 6.79. The second-order valence-electron chi connectivity index (χ2n) is 6.79. The molecule has 0 atom stereocenters. The fourth-order valence-corrected chi connectivity index (χ4v) is 3.09. The number of amides is 1. The summed E-state index contributed by atoms with van der Waals surface area (Å²) >= 11 is 0. The van der Waals surface area contributed by atoms with Crippen LogP contribution in [0.15, 0.2) is 60.8 Å². The first kappa shape index (κ1) is 17.9. The van der Waals surface area contributed by atoms with Crippen molar-refractivity contribution in [3.8, 4) is 0 Å². The molecule has 4 heteroatoms. The van der Waals surface area contributed by atoms with Crippen molar-refractivity contribution in [2.75, 3.05) is 6.54 Å². The maximum absolute atomic E-state index is 12.5. The third-order valence-electron chi connectivity index (χ3n) is 4.47. The van der Waals surface area contributed by atoms with Gasteiger partial charge in [-0.2, -0.15) is 0 Å². The number of fused-ring (bicyclic) bond motifs is 1. The quantitative estimate of drug-likeness (QED) is 0.660. The molecule has 0 aliphatic rings. The highest BCUT2D eigenvalue weighted by Gasteiger charge is 2.18. The highest BCUT2D eigenvalue weighted by Crippen LogP contribution is 2.23. The average molecular weight is 348 g/mol. The van der Waals surface area contributed by atoms with E-state index in [4.69, 9.17) is 0 Å². The van der Waals surface area contributed by atoms with E-state index in [-0.39, 0.29) is 24.2 Å². The fourth-order valence-electron chi connectivity index (χ4n) is 3.09. The van der Waals surface area contributed by atoms with Crippen molar-refractivity contribution in [3.63, 3.8) is 0 Å². The highest BCUT2D eigenvalue weighted by molar-refractivity contribution is 6.09. The Labute approximate surface area is 153 Å². The normalized spacial score (nSPS) is 11.0. The van der Waals surface area contributed by atoms with E-state index in [0.29, 0.717) is 12.1 Å². The number of carbonyl (C=O) groups excluding carboxylic acids is 2. The van der Waals surface area contributed by atoms with Gasteiger partial charge in [-0.1, -0.05) is 62.4 Å². The summed E-state index contributed by atoms with van der Waals surface area (Å²) in [5, 5.41) is 3.87. The number of hydrogen-bond donors (Lipinski definition) is 1. The molecule has 1 amide bonds. The summed E-state index contributed by atoms with van der Waals surface area (Å²) in [5.74, 6) is -0.0244. The Morgan fingerprint density at radius 2 is 1.69 bits per heavy atom. The lowest BCUT2D eigenvalue weighted by molar-refractivity contribution is -0.121. The molecule has 0 radical (unpaired) electrons. The first-order chi connectivity index (χ1) is 12.6. The maximum atomic E-state index is 12.5. The number of Topliss-reactive ketones (excluding diaryl/α,β-unsaturated/α-hetero) is 1. The SMILES string of the molecule is CC(C)C(=O)c1cn(CC(=O)NCCc2ccccc2)c2ccccc12. The molecule has 26 heavy (non-hydrogen) atoms. The first-order valence-corrected chi connectivity index (χ1v) is 8.99. The molecule has 1 N–H and O–H groups in total. The van der Waals surface area contributed by atoms with Crippen LogP contribution in [0, 0.1) is 5.92 Å². The molecule has 0 fully saturated rings. The predicted molar refractivity (Wildman–Crippen MR) is 104 cm³/mol. The lowest BCUT2D eigenvalue weighted by Crippen LogP contribution is -2.29. The highest BCUT2D eigenvalue weighted by atomic mass is 16.2.